The summed E-state index contributed by atoms with van der Waals surface area (Å²) in [6.07, 6.45) is 2.11. The monoisotopic (exact) mass is 483 g/mol. The molecule has 1 atom stereocenters. The first kappa shape index (κ1) is 23.5. The van der Waals surface area contributed by atoms with Crippen molar-refractivity contribution < 1.29 is 0 Å². The quantitative estimate of drug-likeness (QED) is 0.379. The molecule has 0 saturated carbocycles. The van der Waals surface area contributed by atoms with Crippen molar-refractivity contribution in [3.05, 3.63) is 52.8 Å². The van der Waals surface area contributed by atoms with Crippen LogP contribution in [0.2, 0.25) is 0 Å². The summed E-state index contributed by atoms with van der Waals surface area (Å²) in [5, 5.41) is 8.11. The number of aliphatic imine (C=N–C) groups is 1. The van der Waals surface area contributed by atoms with Crippen LogP contribution in [0.5, 0.6) is 0 Å². The van der Waals surface area contributed by atoms with E-state index in [4.69, 9.17) is 0 Å². The summed E-state index contributed by atoms with van der Waals surface area (Å²) >= 11 is 0. The van der Waals surface area contributed by atoms with Crippen LogP contribution in [0.25, 0.3) is 0 Å². The van der Waals surface area contributed by atoms with E-state index in [2.05, 4.69) is 85.5 Å². The van der Waals surface area contributed by atoms with Gasteiger partial charge in [-0.3, -0.25) is 9.67 Å². The minimum atomic E-state index is 0. The number of hydrogen-bond acceptors (Lipinski definition) is 2. The highest BCUT2D eigenvalue weighted by atomic mass is 127. The average Bonchev–Trinajstić information content (AvgIpc) is 2.95. The number of nitrogens with zero attached hydrogens (tertiary/aromatic N) is 4. The van der Waals surface area contributed by atoms with Crippen molar-refractivity contribution in [1.29, 1.82) is 0 Å². The topological polar surface area (TPSA) is 45.5 Å². The molecule has 1 aromatic carbocycles. The van der Waals surface area contributed by atoms with E-state index >= 15 is 0 Å². The van der Waals surface area contributed by atoms with Crippen molar-refractivity contribution in [2.45, 2.75) is 46.1 Å². The Hall–Kier alpha value is -1.57. The molecule has 0 spiro atoms. The second-order valence-corrected chi connectivity index (χ2v) is 7.47. The summed E-state index contributed by atoms with van der Waals surface area (Å²) in [6.45, 7) is 10.4. The van der Waals surface area contributed by atoms with E-state index in [1.54, 1.807) is 0 Å². The lowest BCUT2D eigenvalue weighted by molar-refractivity contribution is 0.470. The summed E-state index contributed by atoms with van der Waals surface area (Å²) in [6, 6.07) is 8.70. The molecule has 1 heterocycles. The zero-order valence-electron chi connectivity index (χ0n) is 17.7. The van der Waals surface area contributed by atoms with Crippen LogP contribution in [0.15, 0.2) is 35.5 Å². The van der Waals surface area contributed by atoms with Crippen LogP contribution in [0, 0.1) is 6.92 Å². The van der Waals surface area contributed by atoms with Gasteiger partial charge in [0.2, 0.25) is 0 Å². The van der Waals surface area contributed by atoms with Crippen molar-refractivity contribution in [1.82, 2.24) is 20.0 Å². The van der Waals surface area contributed by atoms with Crippen molar-refractivity contribution in [3.8, 4) is 0 Å². The van der Waals surface area contributed by atoms with E-state index in [1.165, 1.54) is 16.7 Å². The van der Waals surface area contributed by atoms with Gasteiger partial charge < -0.3 is 10.2 Å². The molecule has 5 nitrogen and oxygen atoms in total. The Labute approximate surface area is 181 Å². The van der Waals surface area contributed by atoms with Crippen LogP contribution in [0.4, 0.5) is 0 Å². The van der Waals surface area contributed by atoms with Gasteiger partial charge in [0.05, 0.1) is 5.69 Å². The molecule has 0 radical (unpaired) electrons. The number of nitrogens with one attached hydrogen (secondary N) is 1. The highest BCUT2D eigenvalue weighted by molar-refractivity contribution is 14.0. The minimum absolute atomic E-state index is 0. The molecule has 6 heteroatoms. The number of hydrogen-bond donors (Lipinski definition) is 1. The van der Waals surface area contributed by atoms with Gasteiger partial charge in [-0.05, 0) is 24.3 Å². The van der Waals surface area contributed by atoms with Gasteiger partial charge >= 0.3 is 0 Å². The Morgan fingerprint density at radius 1 is 1.30 bits per heavy atom. The van der Waals surface area contributed by atoms with E-state index in [1.807, 2.05) is 18.8 Å². The van der Waals surface area contributed by atoms with Gasteiger partial charge in [0.1, 0.15) is 0 Å². The van der Waals surface area contributed by atoms with Gasteiger partial charge in [-0.1, -0.05) is 50.6 Å². The number of rotatable bonds is 6. The Bertz CT molecular complexity index is 751. The third kappa shape index (κ3) is 6.52. The zero-order valence-corrected chi connectivity index (χ0v) is 20.0. The fourth-order valence-electron chi connectivity index (χ4n) is 3.22. The van der Waals surface area contributed by atoms with Crippen molar-refractivity contribution in [3.63, 3.8) is 0 Å². The Balaban J connectivity index is 0.00000364. The molecular weight excluding hydrogens is 449 g/mol. The molecule has 0 aliphatic heterocycles. The molecule has 2 aromatic rings. The third-order valence-corrected chi connectivity index (χ3v) is 4.64. The van der Waals surface area contributed by atoms with E-state index in [0.29, 0.717) is 11.8 Å². The number of guanidine groups is 1. The van der Waals surface area contributed by atoms with Crippen molar-refractivity contribution >= 4 is 29.9 Å². The smallest absolute Gasteiger partial charge is 0.193 e. The lowest BCUT2D eigenvalue weighted by atomic mass is 9.99. The lowest BCUT2D eigenvalue weighted by Crippen LogP contribution is -2.40. The molecule has 1 aromatic heterocycles. The summed E-state index contributed by atoms with van der Waals surface area (Å²) in [5.74, 6) is 1.74. The highest BCUT2D eigenvalue weighted by Crippen LogP contribution is 2.19. The largest absolute Gasteiger partial charge is 0.356 e. The SMILES string of the molecule is CN=C(NCC(C)c1cccc(C)c1)N(C)Cc1cn(C)nc1C(C)C.I. The molecule has 0 amide bonds. The molecule has 0 aliphatic rings. The number of aromatic nitrogens is 2. The van der Waals surface area contributed by atoms with Gasteiger partial charge in [-0.25, -0.2) is 0 Å². The first-order valence-electron chi connectivity index (χ1n) is 9.32. The summed E-state index contributed by atoms with van der Waals surface area (Å²) in [5.41, 5.74) is 5.06. The van der Waals surface area contributed by atoms with Crippen LogP contribution in [0.1, 0.15) is 55.0 Å². The highest BCUT2D eigenvalue weighted by Gasteiger charge is 2.15. The Morgan fingerprint density at radius 2 is 2.00 bits per heavy atom. The second kappa shape index (κ2) is 10.7. The van der Waals surface area contributed by atoms with E-state index < -0.39 is 0 Å². The predicted molar refractivity (Wildman–Crippen MR) is 125 cm³/mol. The maximum Gasteiger partial charge on any atom is 0.193 e. The lowest BCUT2D eigenvalue weighted by Gasteiger charge is -2.24. The van der Waals surface area contributed by atoms with E-state index in [9.17, 15) is 0 Å². The molecular formula is C21H34IN5. The fraction of sp³-hybridized carbons (Fsp3) is 0.524. The van der Waals surface area contributed by atoms with Gasteiger partial charge in [0, 0.05) is 46.0 Å². The maximum absolute atomic E-state index is 4.60. The summed E-state index contributed by atoms with van der Waals surface area (Å²) in [4.78, 5) is 6.61. The van der Waals surface area contributed by atoms with Gasteiger partial charge in [0.15, 0.2) is 5.96 Å². The van der Waals surface area contributed by atoms with Crippen LogP contribution in [-0.4, -0.2) is 41.3 Å². The molecule has 1 unspecified atom stereocenters. The van der Waals surface area contributed by atoms with Gasteiger partial charge in [-0.2, -0.15) is 5.10 Å². The number of halogens is 1. The van der Waals surface area contributed by atoms with Gasteiger partial charge in [-0.15, -0.1) is 24.0 Å². The molecule has 0 fully saturated rings. The molecule has 0 saturated heterocycles. The van der Waals surface area contributed by atoms with E-state index in [0.717, 1.165) is 24.7 Å². The van der Waals surface area contributed by atoms with Crippen LogP contribution >= 0.6 is 24.0 Å². The molecule has 2 rings (SSSR count). The molecule has 150 valence electrons. The third-order valence-electron chi connectivity index (χ3n) is 4.64. The van der Waals surface area contributed by atoms with Crippen LogP contribution < -0.4 is 5.32 Å². The Morgan fingerprint density at radius 3 is 2.59 bits per heavy atom. The molecule has 1 N–H and O–H groups in total. The van der Waals surface area contributed by atoms with Crippen LogP contribution in [0.3, 0.4) is 0 Å². The predicted octanol–water partition coefficient (Wildman–Crippen LogP) is 4.28. The van der Waals surface area contributed by atoms with Crippen molar-refractivity contribution in [2.24, 2.45) is 12.0 Å². The molecule has 27 heavy (non-hydrogen) atoms. The second-order valence-electron chi connectivity index (χ2n) is 7.47. The maximum atomic E-state index is 4.60. The average molecular weight is 483 g/mol. The number of benzene rings is 1. The first-order chi connectivity index (χ1) is 12.3. The minimum Gasteiger partial charge on any atom is -0.356 e. The normalized spacial score (nSPS) is 12.7. The van der Waals surface area contributed by atoms with Crippen molar-refractivity contribution in [2.75, 3.05) is 20.6 Å². The molecule has 0 aliphatic carbocycles. The Kier molecular flexibility index (Phi) is 9.29. The van der Waals surface area contributed by atoms with Crippen LogP contribution in [-0.2, 0) is 13.6 Å². The fourth-order valence-corrected chi connectivity index (χ4v) is 3.22. The first-order valence-corrected chi connectivity index (χ1v) is 9.32. The summed E-state index contributed by atoms with van der Waals surface area (Å²) in [7, 11) is 5.89. The zero-order chi connectivity index (χ0) is 19.3. The molecule has 0 bridgehead atoms. The number of aryl methyl sites for hydroxylation is 2. The standard InChI is InChI=1S/C21H33N5.HI/c1-15(2)20-19(14-26(7)24-20)13-25(6)21(22-5)23-12-17(4)18-10-8-9-16(3)11-18;/h8-11,14-15,17H,12-13H2,1-7H3,(H,22,23);1H. The summed E-state index contributed by atoms with van der Waals surface area (Å²) < 4.78 is 1.90. The van der Waals surface area contributed by atoms with Gasteiger partial charge in [0.25, 0.3) is 0 Å². The van der Waals surface area contributed by atoms with E-state index in [-0.39, 0.29) is 24.0 Å².